The predicted octanol–water partition coefficient (Wildman–Crippen LogP) is 2.24. The second kappa shape index (κ2) is 5.48. The first-order chi connectivity index (χ1) is 9.83. The lowest BCUT2D eigenvalue weighted by atomic mass is 10.2. The van der Waals surface area contributed by atoms with Crippen molar-refractivity contribution in [2.45, 2.75) is 0 Å². The summed E-state index contributed by atoms with van der Waals surface area (Å²) in [5.74, 6) is 0.798. The number of carbonyl (C=O) groups excluding carboxylic acids is 1. The summed E-state index contributed by atoms with van der Waals surface area (Å²) in [6, 6.07) is 8.43. The SMILES string of the molecule is O=C(ON=Cc1ccc2c(c1)OCCO2)c1ccco1. The molecule has 0 atom stereocenters. The van der Waals surface area contributed by atoms with Gasteiger partial charge in [0.05, 0.1) is 12.5 Å². The molecule has 0 radical (unpaired) electrons. The second-order valence-electron chi connectivity index (χ2n) is 3.99. The molecule has 0 unspecified atom stereocenters. The van der Waals surface area contributed by atoms with Crippen molar-refractivity contribution in [3.05, 3.63) is 47.9 Å². The third-order valence-electron chi connectivity index (χ3n) is 2.63. The van der Waals surface area contributed by atoms with E-state index >= 15 is 0 Å². The van der Waals surface area contributed by atoms with Gasteiger partial charge in [0.25, 0.3) is 0 Å². The van der Waals surface area contributed by atoms with E-state index in [0.29, 0.717) is 24.7 Å². The van der Waals surface area contributed by atoms with E-state index in [9.17, 15) is 4.79 Å². The molecule has 0 spiro atoms. The maximum absolute atomic E-state index is 11.5. The van der Waals surface area contributed by atoms with Crippen LogP contribution in [0.3, 0.4) is 0 Å². The number of hydrogen-bond acceptors (Lipinski definition) is 6. The maximum atomic E-state index is 11.5. The van der Waals surface area contributed by atoms with Gasteiger partial charge in [0.1, 0.15) is 13.2 Å². The minimum absolute atomic E-state index is 0.101. The molecular formula is C14H11NO5. The molecule has 6 nitrogen and oxygen atoms in total. The number of benzene rings is 1. The lowest BCUT2D eigenvalue weighted by molar-refractivity contribution is 0.0483. The number of ether oxygens (including phenoxy) is 2. The van der Waals surface area contributed by atoms with Crippen molar-refractivity contribution >= 4 is 12.2 Å². The highest BCUT2D eigenvalue weighted by atomic mass is 16.7. The van der Waals surface area contributed by atoms with Gasteiger partial charge in [-0.3, -0.25) is 0 Å². The van der Waals surface area contributed by atoms with Crippen LogP contribution in [0.15, 0.2) is 46.2 Å². The monoisotopic (exact) mass is 273 g/mol. The van der Waals surface area contributed by atoms with Gasteiger partial charge >= 0.3 is 5.97 Å². The molecule has 0 fully saturated rings. The normalized spacial score (nSPS) is 13.4. The van der Waals surface area contributed by atoms with Crippen molar-refractivity contribution in [3.8, 4) is 11.5 Å². The Morgan fingerprint density at radius 3 is 2.85 bits per heavy atom. The fourth-order valence-electron chi connectivity index (χ4n) is 1.72. The first-order valence-electron chi connectivity index (χ1n) is 6.01. The van der Waals surface area contributed by atoms with Crippen molar-refractivity contribution in [2.24, 2.45) is 5.16 Å². The molecule has 0 saturated heterocycles. The Balaban J connectivity index is 1.65. The van der Waals surface area contributed by atoms with E-state index in [1.54, 1.807) is 24.3 Å². The number of furan rings is 1. The van der Waals surface area contributed by atoms with Crippen LogP contribution in [0.2, 0.25) is 0 Å². The van der Waals surface area contributed by atoms with Crippen LogP contribution in [-0.2, 0) is 4.84 Å². The largest absolute Gasteiger partial charge is 0.486 e. The standard InChI is InChI=1S/C14H11NO5/c16-14(12-2-1-5-17-12)20-15-9-10-3-4-11-13(8-10)19-7-6-18-11/h1-5,8-9H,6-7H2. The summed E-state index contributed by atoms with van der Waals surface area (Å²) in [5.41, 5.74) is 0.737. The van der Waals surface area contributed by atoms with Crippen LogP contribution in [0, 0.1) is 0 Å². The molecule has 2 aromatic rings. The lowest BCUT2D eigenvalue weighted by Crippen LogP contribution is -2.15. The summed E-state index contributed by atoms with van der Waals surface area (Å²) in [5, 5.41) is 3.62. The summed E-state index contributed by atoms with van der Waals surface area (Å²) in [6.07, 6.45) is 2.81. The van der Waals surface area contributed by atoms with Gasteiger partial charge in [-0.1, -0.05) is 5.16 Å². The molecule has 1 aromatic carbocycles. The Labute approximate surface area is 114 Å². The second-order valence-corrected chi connectivity index (χ2v) is 3.99. The van der Waals surface area contributed by atoms with E-state index < -0.39 is 5.97 Å². The van der Waals surface area contributed by atoms with E-state index in [0.717, 1.165) is 5.56 Å². The molecular weight excluding hydrogens is 262 g/mol. The molecule has 1 aromatic heterocycles. The maximum Gasteiger partial charge on any atom is 0.400 e. The van der Waals surface area contributed by atoms with Crippen LogP contribution in [-0.4, -0.2) is 25.4 Å². The number of fused-ring (bicyclic) bond motifs is 1. The van der Waals surface area contributed by atoms with Crippen LogP contribution in [0.4, 0.5) is 0 Å². The lowest BCUT2D eigenvalue weighted by Gasteiger charge is -2.18. The van der Waals surface area contributed by atoms with Crippen molar-refractivity contribution < 1.29 is 23.5 Å². The molecule has 1 aliphatic heterocycles. The summed E-state index contributed by atoms with van der Waals surface area (Å²) >= 11 is 0. The van der Waals surface area contributed by atoms with Crippen molar-refractivity contribution in [1.29, 1.82) is 0 Å². The van der Waals surface area contributed by atoms with Gasteiger partial charge in [0, 0.05) is 5.56 Å². The first-order valence-corrected chi connectivity index (χ1v) is 6.01. The van der Waals surface area contributed by atoms with Gasteiger partial charge in [0.15, 0.2) is 11.5 Å². The van der Waals surface area contributed by atoms with Crippen LogP contribution < -0.4 is 9.47 Å². The predicted molar refractivity (Wildman–Crippen MR) is 69.1 cm³/mol. The third kappa shape index (κ3) is 2.64. The average molecular weight is 273 g/mol. The zero-order valence-corrected chi connectivity index (χ0v) is 10.4. The molecule has 6 heteroatoms. The fourth-order valence-corrected chi connectivity index (χ4v) is 1.72. The van der Waals surface area contributed by atoms with Crippen LogP contribution in [0.25, 0.3) is 0 Å². The Morgan fingerprint density at radius 1 is 1.20 bits per heavy atom. The number of hydrogen-bond donors (Lipinski definition) is 0. The number of nitrogens with zero attached hydrogens (tertiary/aromatic N) is 1. The van der Waals surface area contributed by atoms with E-state index in [4.69, 9.17) is 18.7 Å². The average Bonchev–Trinajstić information content (AvgIpc) is 3.01. The number of oxime groups is 1. The van der Waals surface area contributed by atoms with Crippen LogP contribution >= 0.6 is 0 Å². The zero-order valence-electron chi connectivity index (χ0n) is 10.4. The van der Waals surface area contributed by atoms with Gasteiger partial charge in [-0.15, -0.1) is 0 Å². The minimum Gasteiger partial charge on any atom is -0.486 e. The molecule has 0 aliphatic carbocycles. The summed E-state index contributed by atoms with van der Waals surface area (Å²) in [4.78, 5) is 16.2. The van der Waals surface area contributed by atoms with E-state index in [2.05, 4.69) is 5.16 Å². The summed E-state index contributed by atoms with van der Waals surface area (Å²) in [6.45, 7) is 1.06. The first kappa shape index (κ1) is 12.3. The minimum atomic E-state index is -0.649. The number of rotatable bonds is 3. The molecule has 2 heterocycles. The highest BCUT2D eigenvalue weighted by molar-refractivity contribution is 5.87. The molecule has 0 saturated carbocycles. The van der Waals surface area contributed by atoms with E-state index in [1.165, 1.54) is 18.5 Å². The summed E-state index contributed by atoms with van der Waals surface area (Å²) < 4.78 is 15.7. The van der Waals surface area contributed by atoms with E-state index in [-0.39, 0.29) is 5.76 Å². The van der Waals surface area contributed by atoms with Gasteiger partial charge in [0.2, 0.25) is 5.76 Å². The zero-order chi connectivity index (χ0) is 13.8. The van der Waals surface area contributed by atoms with Crippen molar-refractivity contribution in [1.82, 2.24) is 0 Å². The van der Waals surface area contributed by atoms with Gasteiger partial charge in [-0.2, -0.15) is 0 Å². The highest BCUT2D eigenvalue weighted by Crippen LogP contribution is 2.30. The molecule has 3 rings (SSSR count). The third-order valence-corrected chi connectivity index (χ3v) is 2.63. The molecule has 0 amide bonds. The Bertz CT molecular complexity index is 633. The van der Waals surface area contributed by atoms with Crippen molar-refractivity contribution in [3.63, 3.8) is 0 Å². The van der Waals surface area contributed by atoms with Crippen LogP contribution in [0.5, 0.6) is 11.5 Å². The van der Waals surface area contributed by atoms with Gasteiger partial charge < -0.3 is 18.7 Å². The van der Waals surface area contributed by atoms with Gasteiger partial charge in [-0.05, 0) is 30.3 Å². The molecule has 0 N–H and O–H groups in total. The highest BCUT2D eigenvalue weighted by Gasteiger charge is 2.11. The quantitative estimate of drug-likeness (QED) is 0.487. The smallest absolute Gasteiger partial charge is 0.400 e. The Kier molecular flexibility index (Phi) is 3.36. The Morgan fingerprint density at radius 2 is 2.05 bits per heavy atom. The van der Waals surface area contributed by atoms with E-state index in [1.807, 2.05) is 0 Å². The van der Waals surface area contributed by atoms with Crippen LogP contribution in [0.1, 0.15) is 16.1 Å². The topological polar surface area (TPSA) is 70.3 Å². The molecule has 102 valence electrons. The Hall–Kier alpha value is -2.76. The molecule has 20 heavy (non-hydrogen) atoms. The van der Waals surface area contributed by atoms with Gasteiger partial charge in [-0.25, -0.2) is 4.79 Å². The summed E-state index contributed by atoms with van der Waals surface area (Å²) in [7, 11) is 0. The fraction of sp³-hybridized carbons (Fsp3) is 0.143. The molecule has 1 aliphatic rings. The molecule has 0 bridgehead atoms. The van der Waals surface area contributed by atoms with Crippen molar-refractivity contribution in [2.75, 3.05) is 13.2 Å². The number of carbonyl (C=O) groups is 1.